The maximum atomic E-state index is 11.4. The third-order valence-electron chi connectivity index (χ3n) is 3.03. The van der Waals surface area contributed by atoms with Crippen LogP contribution in [0.4, 0.5) is 4.79 Å². The molecule has 23 heavy (non-hydrogen) atoms. The molecule has 0 spiro atoms. The Morgan fingerprint density at radius 1 is 1.04 bits per heavy atom. The minimum atomic E-state index is -4.50. The van der Waals surface area contributed by atoms with E-state index in [0.29, 0.717) is 0 Å². The van der Waals surface area contributed by atoms with E-state index in [1.54, 1.807) is 0 Å². The zero-order chi connectivity index (χ0) is 16.4. The molecule has 0 amide bonds. The van der Waals surface area contributed by atoms with Gasteiger partial charge >= 0.3 is 35.7 Å². The number of hydrogen-bond acceptors (Lipinski definition) is 6. The first-order valence-corrected chi connectivity index (χ1v) is 8.75. The maximum Gasteiger partial charge on any atom is 1.00 e. The summed E-state index contributed by atoms with van der Waals surface area (Å²) in [4.78, 5) is 11.0. The number of benzene rings is 1. The van der Waals surface area contributed by atoms with E-state index < -0.39 is 16.3 Å². The van der Waals surface area contributed by atoms with Crippen LogP contribution >= 0.6 is 0 Å². The molecule has 0 atom stereocenters. The minimum absolute atomic E-state index is 0. The molecule has 0 unspecified atom stereocenters. The van der Waals surface area contributed by atoms with Crippen molar-refractivity contribution < 1.29 is 56.8 Å². The number of ether oxygens (including phenoxy) is 2. The Kier molecular flexibility index (Phi) is 11.6. The largest absolute Gasteiger partial charge is 1.00 e. The standard InChI is InChI=1S/C15H22O6S.Na/c1-2-3-4-5-6-7-12-20-15(16)21-13-8-10-14(11-9-13)22(17,18)19;/h8-11H,2-7,12H2,1H3,(H,17,18,19);/q;+1/p-1. The van der Waals surface area contributed by atoms with Gasteiger partial charge in [0, 0.05) is 0 Å². The van der Waals surface area contributed by atoms with E-state index in [1.165, 1.54) is 31.4 Å². The SMILES string of the molecule is CCCCCCCCOC(=O)Oc1ccc(S(=O)(=O)[O-])cc1.[Na+]. The average molecular weight is 352 g/mol. The Balaban J connectivity index is 0.00000484. The minimum Gasteiger partial charge on any atom is -0.744 e. The molecular formula is C15H21NaO6S. The summed E-state index contributed by atoms with van der Waals surface area (Å²) in [5.74, 6) is 0.125. The first kappa shape index (κ1) is 22.4. The van der Waals surface area contributed by atoms with Crippen LogP contribution in [0.2, 0.25) is 0 Å². The Hall–Kier alpha value is -0.600. The smallest absolute Gasteiger partial charge is 0.744 e. The molecule has 124 valence electrons. The van der Waals surface area contributed by atoms with Gasteiger partial charge in [0.15, 0.2) is 0 Å². The maximum absolute atomic E-state index is 11.4. The topological polar surface area (TPSA) is 92.7 Å². The van der Waals surface area contributed by atoms with E-state index in [2.05, 4.69) is 6.92 Å². The second-order valence-electron chi connectivity index (χ2n) is 4.89. The molecule has 1 aromatic carbocycles. The summed E-state index contributed by atoms with van der Waals surface area (Å²) in [5.41, 5.74) is 0. The fraction of sp³-hybridized carbons (Fsp3) is 0.533. The van der Waals surface area contributed by atoms with Crippen LogP contribution in [0.15, 0.2) is 29.2 Å². The second-order valence-corrected chi connectivity index (χ2v) is 6.27. The molecule has 0 aliphatic carbocycles. The molecule has 1 rings (SSSR count). The molecular weight excluding hydrogens is 331 g/mol. The molecule has 0 N–H and O–H groups in total. The zero-order valence-corrected chi connectivity index (χ0v) is 16.4. The monoisotopic (exact) mass is 352 g/mol. The summed E-state index contributed by atoms with van der Waals surface area (Å²) < 4.78 is 42.0. The summed E-state index contributed by atoms with van der Waals surface area (Å²) in [7, 11) is -4.50. The van der Waals surface area contributed by atoms with Crippen LogP contribution in [-0.2, 0) is 14.9 Å². The molecule has 0 heterocycles. The van der Waals surface area contributed by atoms with Crippen molar-refractivity contribution in [2.24, 2.45) is 0 Å². The van der Waals surface area contributed by atoms with Gasteiger partial charge in [0.05, 0.1) is 11.5 Å². The van der Waals surface area contributed by atoms with Crippen LogP contribution in [0, 0.1) is 0 Å². The van der Waals surface area contributed by atoms with E-state index in [1.807, 2.05) is 0 Å². The van der Waals surface area contributed by atoms with Crippen LogP contribution in [0.5, 0.6) is 5.75 Å². The van der Waals surface area contributed by atoms with Crippen molar-refractivity contribution in [1.29, 1.82) is 0 Å². The Morgan fingerprint density at radius 3 is 2.17 bits per heavy atom. The first-order chi connectivity index (χ1) is 10.4. The number of hydrogen-bond donors (Lipinski definition) is 0. The van der Waals surface area contributed by atoms with Crippen molar-refractivity contribution in [3.63, 3.8) is 0 Å². The van der Waals surface area contributed by atoms with Crippen LogP contribution in [0.3, 0.4) is 0 Å². The average Bonchev–Trinajstić information content (AvgIpc) is 2.46. The molecule has 0 fully saturated rings. The Morgan fingerprint density at radius 2 is 1.61 bits per heavy atom. The molecule has 0 radical (unpaired) electrons. The van der Waals surface area contributed by atoms with Crippen LogP contribution in [0.25, 0.3) is 0 Å². The molecule has 6 nitrogen and oxygen atoms in total. The summed E-state index contributed by atoms with van der Waals surface area (Å²) >= 11 is 0. The third kappa shape index (κ3) is 9.99. The van der Waals surface area contributed by atoms with Gasteiger partial charge < -0.3 is 14.0 Å². The van der Waals surface area contributed by atoms with Gasteiger partial charge in [0.2, 0.25) is 0 Å². The van der Waals surface area contributed by atoms with E-state index in [-0.39, 0.29) is 46.8 Å². The summed E-state index contributed by atoms with van der Waals surface area (Å²) in [6.45, 7) is 2.44. The molecule has 0 aliphatic rings. The van der Waals surface area contributed by atoms with E-state index in [9.17, 15) is 17.8 Å². The van der Waals surface area contributed by atoms with Crippen molar-refractivity contribution in [2.75, 3.05) is 6.61 Å². The van der Waals surface area contributed by atoms with Gasteiger partial charge in [0.25, 0.3) is 0 Å². The van der Waals surface area contributed by atoms with E-state index in [4.69, 9.17) is 9.47 Å². The molecule has 0 saturated heterocycles. The van der Waals surface area contributed by atoms with Crippen LogP contribution < -0.4 is 34.3 Å². The van der Waals surface area contributed by atoms with Gasteiger partial charge in [0.1, 0.15) is 15.9 Å². The molecule has 0 saturated carbocycles. The molecule has 0 aliphatic heterocycles. The van der Waals surface area contributed by atoms with Gasteiger partial charge in [-0.15, -0.1) is 0 Å². The molecule has 0 bridgehead atoms. The normalized spacial score (nSPS) is 10.7. The number of carbonyl (C=O) groups is 1. The molecule has 0 aromatic heterocycles. The van der Waals surface area contributed by atoms with Crippen molar-refractivity contribution >= 4 is 16.3 Å². The van der Waals surface area contributed by atoms with Gasteiger partial charge in [-0.3, -0.25) is 0 Å². The Labute approximate surface area is 159 Å². The first-order valence-electron chi connectivity index (χ1n) is 7.34. The van der Waals surface area contributed by atoms with Gasteiger partial charge in [-0.05, 0) is 30.7 Å². The van der Waals surface area contributed by atoms with Crippen molar-refractivity contribution in [3.8, 4) is 5.75 Å². The van der Waals surface area contributed by atoms with Gasteiger partial charge in [-0.1, -0.05) is 39.0 Å². The molecule has 8 heteroatoms. The van der Waals surface area contributed by atoms with Crippen LogP contribution in [0.1, 0.15) is 45.4 Å². The fourth-order valence-electron chi connectivity index (χ4n) is 1.84. The number of carbonyl (C=O) groups excluding carboxylic acids is 1. The van der Waals surface area contributed by atoms with Crippen molar-refractivity contribution in [1.82, 2.24) is 0 Å². The van der Waals surface area contributed by atoms with E-state index in [0.717, 1.165) is 31.4 Å². The number of rotatable bonds is 9. The zero-order valence-electron chi connectivity index (χ0n) is 13.6. The van der Waals surface area contributed by atoms with E-state index >= 15 is 0 Å². The van der Waals surface area contributed by atoms with Gasteiger partial charge in [-0.2, -0.15) is 0 Å². The predicted molar refractivity (Wildman–Crippen MR) is 79.8 cm³/mol. The fourth-order valence-corrected chi connectivity index (χ4v) is 2.31. The van der Waals surface area contributed by atoms with Crippen molar-refractivity contribution in [2.45, 2.75) is 50.3 Å². The Bertz CT molecular complexity index is 556. The van der Waals surface area contributed by atoms with Crippen molar-refractivity contribution in [3.05, 3.63) is 24.3 Å². The van der Waals surface area contributed by atoms with Gasteiger partial charge in [-0.25, -0.2) is 13.2 Å². The third-order valence-corrected chi connectivity index (χ3v) is 3.88. The second kappa shape index (κ2) is 11.9. The molecule has 1 aromatic rings. The predicted octanol–water partition coefficient (Wildman–Crippen LogP) is 0.471. The summed E-state index contributed by atoms with van der Waals surface area (Å²) in [6, 6.07) is 4.63. The number of unbranched alkanes of at least 4 members (excludes halogenated alkanes) is 5. The summed E-state index contributed by atoms with van der Waals surface area (Å²) in [6.07, 6.45) is 5.67. The van der Waals surface area contributed by atoms with Crippen LogP contribution in [-0.4, -0.2) is 25.7 Å². The summed E-state index contributed by atoms with van der Waals surface area (Å²) in [5, 5.41) is 0. The quantitative estimate of drug-likeness (QED) is 0.211.